The number of aromatic nitrogens is 2. The van der Waals surface area contributed by atoms with Gasteiger partial charge in [-0.25, -0.2) is 0 Å². The van der Waals surface area contributed by atoms with Gasteiger partial charge in [0.25, 0.3) is 0 Å². The zero-order chi connectivity index (χ0) is 12.4. The lowest BCUT2D eigenvalue weighted by Crippen LogP contribution is -2.05. The zero-order valence-electron chi connectivity index (χ0n) is 10.2. The summed E-state index contributed by atoms with van der Waals surface area (Å²) in [6, 6.07) is 12.0. The molecule has 1 aromatic heterocycles. The van der Waals surface area contributed by atoms with E-state index in [9.17, 15) is 0 Å². The molecule has 2 heterocycles. The van der Waals surface area contributed by atoms with Gasteiger partial charge in [0.15, 0.2) is 0 Å². The molecule has 0 amide bonds. The van der Waals surface area contributed by atoms with Crippen molar-refractivity contribution in [2.75, 3.05) is 13.2 Å². The maximum absolute atomic E-state index is 5.44. The van der Waals surface area contributed by atoms with Gasteiger partial charge in [0, 0.05) is 11.6 Å². The fourth-order valence-electron chi connectivity index (χ4n) is 1.62. The average molecular weight is 242 g/mol. The standard InChI is InChI=1S/C14H14N2O2/c1-10-2-4-11(5-3-10)13-6-7-14(16-15-13)18-9-12-8-17-12/h2-7,12H,8-9H2,1H3. The van der Waals surface area contributed by atoms with Gasteiger partial charge in [-0.05, 0) is 13.0 Å². The quantitative estimate of drug-likeness (QED) is 0.771. The van der Waals surface area contributed by atoms with Gasteiger partial charge in [-0.15, -0.1) is 10.2 Å². The maximum Gasteiger partial charge on any atom is 0.233 e. The van der Waals surface area contributed by atoms with Gasteiger partial charge < -0.3 is 9.47 Å². The van der Waals surface area contributed by atoms with Gasteiger partial charge >= 0.3 is 0 Å². The Bertz CT molecular complexity index is 518. The normalized spacial score (nSPS) is 17.5. The van der Waals surface area contributed by atoms with E-state index >= 15 is 0 Å². The molecule has 1 atom stereocenters. The first-order chi connectivity index (χ1) is 8.81. The lowest BCUT2D eigenvalue weighted by molar-refractivity contribution is 0.253. The Hall–Kier alpha value is -1.94. The second kappa shape index (κ2) is 4.74. The van der Waals surface area contributed by atoms with Crippen LogP contribution in [0.15, 0.2) is 36.4 Å². The van der Waals surface area contributed by atoms with Gasteiger partial charge in [-0.2, -0.15) is 0 Å². The average Bonchev–Trinajstić information content (AvgIpc) is 3.22. The van der Waals surface area contributed by atoms with Crippen LogP contribution in [0.1, 0.15) is 5.56 Å². The van der Waals surface area contributed by atoms with Gasteiger partial charge in [0.2, 0.25) is 5.88 Å². The molecule has 0 spiro atoms. The fraction of sp³-hybridized carbons (Fsp3) is 0.286. The fourth-order valence-corrected chi connectivity index (χ4v) is 1.62. The SMILES string of the molecule is Cc1ccc(-c2ccc(OCC3CO3)nn2)cc1. The molecule has 92 valence electrons. The lowest BCUT2D eigenvalue weighted by atomic mass is 10.1. The summed E-state index contributed by atoms with van der Waals surface area (Å²) in [6.07, 6.45) is 0.239. The molecule has 2 aromatic rings. The highest BCUT2D eigenvalue weighted by Crippen LogP contribution is 2.19. The molecule has 0 aliphatic carbocycles. The molecule has 4 nitrogen and oxygen atoms in total. The Balaban J connectivity index is 1.71. The first-order valence-electron chi connectivity index (χ1n) is 5.96. The van der Waals surface area contributed by atoms with Gasteiger partial charge in [-0.1, -0.05) is 29.8 Å². The minimum absolute atomic E-state index is 0.239. The van der Waals surface area contributed by atoms with Gasteiger partial charge in [0.05, 0.1) is 12.3 Å². The number of hydrogen-bond acceptors (Lipinski definition) is 4. The predicted octanol–water partition coefficient (Wildman–Crippen LogP) is 2.23. The summed E-state index contributed by atoms with van der Waals surface area (Å²) >= 11 is 0. The second-order valence-electron chi connectivity index (χ2n) is 4.39. The summed E-state index contributed by atoms with van der Waals surface area (Å²) in [4.78, 5) is 0. The zero-order valence-corrected chi connectivity index (χ0v) is 10.2. The number of hydrogen-bond donors (Lipinski definition) is 0. The van der Waals surface area contributed by atoms with Crippen LogP contribution in [0.3, 0.4) is 0 Å². The van der Waals surface area contributed by atoms with E-state index in [-0.39, 0.29) is 6.10 Å². The van der Waals surface area contributed by atoms with Crippen LogP contribution in [-0.4, -0.2) is 29.5 Å². The number of ether oxygens (including phenoxy) is 2. The van der Waals surface area contributed by atoms with E-state index in [0.717, 1.165) is 17.9 Å². The molecule has 3 rings (SSSR count). The van der Waals surface area contributed by atoms with E-state index in [1.807, 2.05) is 24.3 Å². The second-order valence-corrected chi connectivity index (χ2v) is 4.39. The third-order valence-electron chi connectivity index (χ3n) is 2.81. The van der Waals surface area contributed by atoms with Crippen LogP contribution in [-0.2, 0) is 4.74 Å². The maximum atomic E-state index is 5.44. The van der Waals surface area contributed by atoms with Crippen molar-refractivity contribution in [1.82, 2.24) is 10.2 Å². The van der Waals surface area contributed by atoms with Crippen molar-refractivity contribution in [3.63, 3.8) is 0 Å². The summed E-state index contributed by atoms with van der Waals surface area (Å²) in [5.41, 5.74) is 3.14. The minimum Gasteiger partial charge on any atom is -0.474 e. The van der Waals surface area contributed by atoms with E-state index in [2.05, 4.69) is 29.3 Å². The summed E-state index contributed by atoms with van der Waals surface area (Å²) in [5.74, 6) is 0.543. The molecular formula is C14H14N2O2. The van der Waals surface area contributed by atoms with Crippen LogP contribution in [0.25, 0.3) is 11.3 Å². The number of nitrogens with zero attached hydrogens (tertiary/aromatic N) is 2. The largest absolute Gasteiger partial charge is 0.474 e. The van der Waals surface area contributed by atoms with Crippen molar-refractivity contribution >= 4 is 0 Å². The summed E-state index contributed by atoms with van der Waals surface area (Å²) in [5, 5.41) is 8.21. The van der Waals surface area contributed by atoms with Crippen LogP contribution in [0.4, 0.5) is 0 Å². The molecule has 1 aliphatic rings. The van der Waals surface area contributed by atoms with E-state index in [1.165, 1.54) is 5.56 Å². The third kappa shape index (κ3) is 2.65. The van der Waals surface area contributed by atoms with Crippen LogP contribution in [0, 0.1) is 6.92 Å². The highest BCUT2D eigenvalue weighted by atomic mass is 16.6. The van der Waals surface area contributed by atoms with E-state index in [0.29, 0.717) is 12.5 Å². The Morgan fingerprint density at radius 1 is 1.17 bits per heavy atom. The Kier molecular flexibility index (Phi) is 2.94. The molecule has 4 heteroatoms. The predicted molar refractivity (Wildman–Crippen MR) is 67.4 cm³/mol. The summed E-state index contributed by atoms with van der Waals surface area (Å²) in [6.45, 7) is 3.40. The van der Waals surface area contributed by atoms with E-state index in [1.54, 1.807) is 0 Å². The van der Waals surface area contributed by atoms with Crippen LogP contribution < -0.4 is 4.74 Å². The molecule has 0 saturated carbocycles. The molecule has 0 radical (unpaired) electrons. The topological polar surface area (TPSA) is 47.5 Å². The number of benzene rings is 1. The van der Waals surface area contributed by atoms with Crippen molar-refractivity contribution in [1.29, 1.82) is 0 Å². The van der Waals surface area contributed by atoms with Crippen molar-refractivity contribution in [2.24, 2.45) is 0 Å². The van der Waals surface area contributed by atoms with Crippen molar-refractivity contribution < 1.29 is 9.47 Å². The summed E-state index contributed by atoms with van der Waals surface area (Å²) < 4.78 is 10.5. The molecule has 18 heavy (non-hydrogen) atoms. The van der Waals surface area contributed by atoms with Crippen molar-refractivity contribution in [2.45, 2.75) is 13.0 Å². The molecule has 0 bridgehead atoms. The van der Waals surface area contributed by atoms with Crippen molar-refractivity contribution in [3.05, 3.63) is 42.0 Å². The molecule has 0 N–H and O–H groups in total. The lowest BCUT2D eigenvalue weighted by Gasteiger charge is -2.04. The third-order valence-corrected chi connectivity index (χ3v) is 2.81. The van der Waals surface area contributed by atoms with Crippen LogP contribution in [0.5, 0.6) is 5.88 Å². The van der Waals surface area contributed by atoms with E-state index in [4.69, 9.17) is 9.47 Å². The highest BCUT2D eigenvalue weighted by Gasteiger charge is 2.23. The van der Waals surface area contributed by atoms with E-state index < -0.39 is 0 Å². The number of rotatable bonds is 4. The molecule has 1 fully saturated rings. The molecule has 1 aromatic carbocycles. The smallest absolute Gasteiger partial charge is 0.233 e. The van der Waals surface area contributed by atoms with Crippen molar-refractivity contribution in [3.8, 4) is 17.1 Å². The van der Waals surface area contributed by atoms with Gasteiger partial charge in [0.1, 0.15) is 12.7 Å². The molecular weight excluding hydrogens is 228 g/mol. The van der Waals surface area contributed by atoms with Crippen LogP contribution >= 0.6 is 0 Å². The Morgan fingerprint density at radius 2 is 1.94 bits per heavy atom. The summed E-state index contributed by atoms with van der Waals surface area (Å²) in [7, 11) is 0. The first-order valence-corrected chi connectivity index (χ1v) is 5.96. The first kappa shape index (κ1) is 11.2. The highest BCUT2D eigenvalue weighted by molar-refractivity contribution is 5.58. The van der Waals surface area contributed by atoms with Gasteiger partial charge in [-0.3, -0.25) is 0 Å². The van der Waals surface area contributed by atoms with Crippen LogP contribution in [0.2, 0.25) is 0 Å². The Morgan fingerprint density at radius 3 is 2.56 bits per heavy atom. The Labute approximate surface area is 106 Å². The molecule has 1 aliphatic heterocycles. The molecule has 1 unspecified atom stereocenters. The number of aryl methyl sites for hydroxylation is 1. The molecule has 1 saturated heterocycles. The minimum atomic E-state index is 0.239. The number of epoxide rings is 1. The monoisotopic (exact) mass is 242 g/mol.